The third kappa shape index (κ3) is 11.2. The van der Waals surface area contributed by atoms with Crippen molar-refractivity contribution in [1.82, 2.24) is 25.3 Å². The molecule has 4 unspecified atom stereocenters. The van der Waals surface area contributed by atoms with Gasteiger partial charge in [0.2, 0.25) is 11.8 Å². The standard InChI is InChI=1S/C47H63F2N11O6/c1-29-35(47(64)60(65)41-9-10-43(62)55-46(41)63)7-4-8-39(29)53-26-34-27-57(20-21-66-34)19-18-56-15-11-33(12-16-56)54-40-13-17-58(30(2)61)28-38(40)45(51)59-14-5-6-31-22-36(32(24-50)25-52-3)37(44(48)49)23-42(31)59/h4,7-8,22-25,33-34,38,40-41,44,51,53-54H,5-6,9-21,26-28H2,1-3H3,(H2-,50,52,55,62,63)/p+3. The molecule has 0 aliphatic carbocycles. The molecule has 5 aliphatic heterocycles. The lowest BCUT2D eigenvalue weighted by Crippen LogP contribution is -2.63. The predicted octanol–water partition coefficient (Wildman–Crippen LogP) is 0.789. The van der Waals surface area contributed by atoms with Gasteiger partial charge >= 0.3 is 11.8 Å². The van der Waals surface area contributed by atoms with E-state index in [0.717, 1.165) is 76.9 Å². The van der Waals surface area contributed by atoms with E-state index in [1.807, 2.05) is 21.6 Å². The second-order valence-corrected chi connectivity index (χ2v) is 18.1. The molecule has 356 valence electrons. The maximum atomic E-state index is 14.6. The monoisotopic (exact) mass is 919 g/mol. The first kappa shape index (κ1) is 48.4. The number of morpholine rings is 1. The molecule has 4 saturated heterocycles. The zero-order valence-corrected chi connectivity index (χ0v) is 38.3. The second-order valence-electron chi connectivity index (χ2n) is 18.1. The number of rotatable bonds is 14. The minimum Gasteiger partial charge on any atom is -0.404 e. The molecule has 66 heavy (non-hydrogen) atoms. The highest BCUT2D eigenvalue weighted by Gasteiger charge is 2.44. The lowest BCUT2D eigenvalue weighted by molar-refractivity contribution is -0.480. The molecule has 4 amide bonds. The molecule has 4 atom stereocenters. The number of amides is 4. The number of nitrogens with two attached hydrogens (primary N) is 2. The molecule has 19 heteroatoms. The van der Waals surface area contributed by atoms with E-state index >= 15 is 0 Å². The topological polar surface area (TPSA) is 212 Å². The molecule has 0 aromatic heterocycles. The van der Waals surface area contributed by atoms with Crippen molar-refractivity contribution in [3.8, 4) is 0 Å². The number of imide groups is 1. The number of likely N-dealkylation sites (tertiary alicyclic amines) is 2. The summed E-state index contributed by atoms with van der Waals surface area (Å²) in [5, 5.41) is 9.47. The average molecular weight is 919 g/mol. The minimum atomic E-state index is -2.72. The van der Waals surface area contributed by atoms with Crippen LogP contribution in [0.15, 0.2) is 36.5 Å². The quantitative estimate of drug-likeness (QED) is 0.0673. The van der Waals surface area contributed by atoms with E-state index in [9.17, 15) is 32.9 Å². The van der Waals surface area contributed by atoms with Gasteiger partial charge < -0.3 is 30.9 Å². The summed E-state index contributed by atoms with van der Waals surface area (Å²) in [6, 6.07) is 7.51. The lowest BCUT2D eigenvalue weighted by atomic mass is 9.88. The number of piperidine rings is 3. The normalized spacial score (nSPS) is 24.6. The number of ether oxygens (including phenoxy) is 1. The zero-order chi connectivity index (χ0) is 47.1. The number of fused-ring (bicyclic) bond motifs is 1. The zero-order valence-electron chi connectivity index (χ0n) is 38.3. The van der Waals surface area contributed by atoms with Crippen LogP contribution in [0.3, 0.4) is 0 Å². The SMILES string of the molecule is C[NH+]=C/C(=C\N)c1cc2c(cc1C(F)F)[N+](=C(N)C1CN(C(C)=O)CCC1NC1CCN(CCN3CCOC(CNc4cccc(C(=O)[N+](=O)C5CCC(=O)NC5=O)c4C)C3)CC1)CCC2. The molecule has 8 N–H and O–H groups in total. The van der Waals surface area contributed by atoms with Crippen LogP contribution in [0.1, 0.15) is 84.5 Å². The molecule has 7 rings (SSSR count). The van der Waals surface area contributed by atoms with Crippen molar-refractivity contribution < 1.29 is 47.0 Å². The third-order valence-corrected chi connectivity index (χ3v) is 13.9. The number of allylic oxidation sites excluding steroid dienone is 1. The summed E-state index contributed by atoms with van der Waals surface area (Å²) in [6.45, 7) is 11.3. The van der Waals surface area contributed by atoms with Crippen LogP contribution in [0.25, 0.3) is 5.57 Å². The molecule has 0 bridgehead atoms. The van der Waals surface area contributed by atoms with E-state index in [1.54, 1.807) is 45.3 Å². The fourth-order valence-electron chi connectivity index (χ4n) is 10.1. The number of anilines is 1. The molecular formula is C47H66F2N11O6+3. The Kier molecular flexibility index (Phi) is 16.0. The number of amidine groups is 1. The molecule has 0 radical (unpaired) electrons. The van der Waals surface area contributed by atoms with Crippen molar-refractivity contribution in [3.05, 3.63) is 69.3 Å². The molecule has 0 spiro atoms. The Morgan fingerprint density at radius 2 is 1.82 bits per heavy atom. The molecule has 17 nitrogen and oxygen atoms in total. The van der Waals surface area contributed by atoms with E-state index < -0.39 is 30.2 Å². The highest BCUT2D eigenvalue weighted by atomic mass is 19.3. The molecular weight excluding hydrogens is 853 g/mol. The van der Waals surface area contributed by atoms with Crippen LogP contribution in [-0.2, 0) is 25.5 Å². The largest absolute Gasteiger partial charge is 0.466 e. The van der Waals surface area contributed by atoms with Crippen LogP contribution in [-0.4, -0.2) is 163 Å². The number of nitrogens with zero attached hydrogens (tertiary/aromatic N) is 5. The Morgan fingerprint density at radius 3 is 2.53 bits per heavy atom. The van der Waals surface area contributed by atoms with Crippen LogP contribution in [0.5, 0.6) is 0 Å². The number of carbonyl (C=O) groups excluding carboxylic acids is 4. The van der Waals surface area contributed by atoms with E-state index in [0.29, 0.717) is 66.7 Å². The number of carbonyl (C=O) groups is 4. The van der Waals surface area contributed by atoms with Crippen molar-refractivity contribution in [2.24, 2.45) is 17.4 Å². The average Bonchev–Trinajstić information content (AvgIpc) is 3.31. The van der Waals surface area contributed by atoms with Crippen LogP contribution < -0.4 is 32.4 Å². The van der Waals surface area contributed by atoms with Gasteiger partial charge in [0.15, 0.2) is 6.21 Å². The highest BCUT2D eigenvalue weighted by Crippen LogP contribution is 2.37. The van der Waals surface area contributed by atoms with Crippen molar-refractivity contribution in [1.29, 1.82) is 0 Å². The number of hydrogen-bond acceptors (Lipinski definition) is 11. The fourth-order valence-corrected chi connectivity index (χ4v) is 10.1. The summed E-state index contributed by atoms with van der Waals surface area (Å²) in [7, 11) is 1.70. The van der Waals surface area contributed by atoms with Crippen molar-refractivity contribution in [2.75, 3.05) is 84.4 Å². The van der Waals surface area contributed by atoms with Gasteiger partial charge in [0.05, 0.1) is 41.1 Å². The van der Waals surface area contributed by atoms with Crippen molar-refractivity contribution in [3.63, 3.8) is 0 Å². The van der Waals surface area contributed by atoms with Gasteiger partial charge in [-0.15, -0.1) is 0 Å². The summed E-state index contributed by atoms with van der Waals surface area (Å²) >= 11 is 0. The first-order chi connectivity index (χ1) is 31.8. The van der Waals surface area contributed by atoms with E-state index in [1.165, 1.54) is 6.20 Å². The summed E-state index contributed by atoms with van der Waals surface area (Å²) in [4.78, 5) is 72.2. The number of aryl methyl sites for hydroxylation is 1. The number of benzene rings is 2. The minimum absolute atomic E-state index is 0.00120. The number of hydrogen-bond donors (Lipinski definition) is 6. The Balaban J connectivity index is 0.923. The van der Waals surface area contributed by atoms with Crippen LogP contribution in [0.2, 0.25) is 0 Å². The van der Waals surface area contributed by atoms with Gasteiger partial charge in [-0.3, -0.25) is 35.3 Å². The Hall–Kier alpha value is -5.50. The van der Waals surface area contributed by atoms with Gasteiger partial charge in [0.1, 0.15) is 12.7 Å². The Morgan fingerprint density at radius 1 is 1.05 bits per heavy atom. The van der Waals surface area contributed by atoms with Crippen LogP contribution in [0.4, 0.5) is 20.2 Å². The summed E-state index contributed by atoms with van der Waals surface area (Å²) < 4.78 is 37.5. The number of halogens is 2. The molecule has 4 fully saturated rings. The highest BCUT2D eigenvalue weighted by molar-refractivity contribution is 6.07. The van der Waals surface area contributed by atoms with E-state index in [4.69, 9.17) is 16.2 Å². The first-order valence-corrected chi connectivity index (χ1v) is 23.3. The number of nitrogens with one attached hydrogen (secondary N) is 4. The molecule has 0 saturated carbocycles. The predicted molar refractivity (Wildman–Crippen MR) is 246 cm³/mol. The Labute approximate surface area is 384 Å². The summed E-state index contributed by atoms with van der Waals surface area (Å²) in [5.74, 6) is -1.66. The fraction of sp³-hybridized carbons (Fsp3) is 0.574. The van der Waals surface area contributed by atoms with E-state index in [-0.39, 0.29) is 58.7 Å². The van der Waals surface area contributed by atoms with Gasteiger partial charge in [0, 0.05) is 100 Å². The summed E-state index contributed by atoms with van der Waals surface area (Å²) in [5.41, 5.74) is 16.8. The van der Waals surface area contributed by atoms with Gasteiger partial charge in [-0.05, 0) is 93.1 Å². The molecule has 5 heterocycles. The lowest BCUT2D eigenvalue weighted by Gasteiger charge is -2.41. The van der Waals surface area contributed by atoms with Crippen LogP contribution >= 0.6 is 0 Å². The second kappa shape index (κ2) is 21.9. The van der Waals surface area contributed by atoms with Gasteiger partial charge in [-0.1, -0.05) is 6.07 Å². The van der Waals surface area contributed by atoms with Gasteiger partial charge in [0.25, 0.3) is 18.3 Å². The molecule has 2 aromatic carbocycles. The molecule has 5 aliphatic rings. The third-order valence-electron chi connectivity index (χ3n) is 13.9. The number of nitroso groups, excluding NO2 is 1. The van der Waals surface area contributed by atoms with Gasteiger partial charge in [-0.2, -0.15) is 0 Å². The maximum absolute atomic E-state index is 14.6. The van der Waals surface area contributed by atoms with Crippen molar-refractivity contribution in [2.45, 2.75) is 89.4 Å². The van der Waals surface area contributed by atoms with Gasteiger partial charge in [-0.25, -0.2) is 18.2 Å². The maximum Gasteiger partial charge on any atom is 0.466 e. The smallest absolute Gasteiger partial charge is 0.404 e. The van der Waals surface area contributed by atoms with Crippen LogP contribution in [0, 0.1) is 17.7 Å². The number of alkyl halides is 2. The van der Waals surface area contributed by atoms with Crippen molar-refractivity contribution >= 4 is 52.6 Å². The summed E-state index contributed by atoms with van der Waals surface area (Å²) in [6.07, 6.45) is 4.31. The Bertz CT molecular complexity index is 2260. The molecule has 2 aromatic rings. The van der Waals surface area contributed by atoms with E-state index in [2.05, 4.69) is 30.7 Å². The first-order valence-electron chi connectivity index (χ1n) is 23.3.